The summed E-state index contributed by atoms with van der Waals surface area (Å²) in [6, 6.07) is 11.4. The van der Waals surface area contributed by atoms with Crippen LogP contribution in [0.4, 0.5) is 13.2 Å². The van der Waals surface area contributed by atoms with Gasteiger partial charge in [0.05, 0.1) is 12.7 Å². The van der Waals surface area contributed by atoms with E-state index in [-0.39, 0.29) is 17.4 Å². The number of rotatable bonds is 4. The highest BCUT2D eigenvalue weighted by Gasteiger charge is 2.31. The monoisotopic (exact) mass is 418 g/mol. The third kappa shape index (κ3) is 5.20. The fraction of sp³-hybridized carbons (Fsp3) is 0.273. The molecule has 5 nitrogen and oxygen atoms in total. The standard InChI is InChI=1S/C22H21F3N2O3/c1-30-19-9-2-16(3-10-19)4-11-20(28)26-12-14-27(15-13-26)21(29)17-5-7-18(8-6-17)22(23,24)25/h2-11H,12-15H2,1H3/b11-4+. The molecule has 0 aromatic heterocycles. The van der Waals surface area contributed by atoms with Crippen LogP contribution in [-0.4, -0.2) is 54.9 Å². The number of methoxy groups -OCH3 is 1. The lowest BCUT2D eigenvalue weighted by Gasteiger charge is -2.34. The maximum absolute atomic E-state index is 12.7. The first kappa shape index (κ1) is 21.4. The highest BCUT2D eigenvalue weighted by molar-refractivity contribution is 5.95. The number of carbonyl (C=O) groups is 2. The predicted octanol–water partition coefficient (Wildman–Crippen LogP) is 3.71. The van der Waals surface area contributed by atoms with Gasteiger partial charge in [-0.15, -0.1) is 0 Å². The molecule has 1 aliphatic heterocycles. The van der Waals surface area contributed by atoms with Gasteiger partial charge in [-0.3, -0.25) is 9.59 Å². The molecule has 158 valence electrons. The maximum atomic E-state index is 12.7. The quantitative estimate of drug-likeness (QED) is 0.712. The van der Waals surface area contributed by atoms with Crippen LogP contribution in [0.1, 0.15) is 21.5 Å². The summed E-state index contributed by atoms with van der Waals surface area (Å²) in [6.07, 6.45) is -1.25. The summed E-state index contributed by atoms with van der Waals surface area (Å²) in [5, 5.41) is 0. The van der Waals surface area contributed by atoms with Gasteiger partial charge in [0.2, 0.25) is 5.91 Å². The third-order valence-electron chi connectivity index (χ3n) is 4.87. The zero-order chi connectivity index (χ0) is 21.7. The smallest absolute Gasteiger partial charge is 0.416 e. The number of benzene rings is 2. The molecule has 1 aliphatic rings. The van der Waals surface area contributed by atoms with Gasteiger partial charge in [-0.05, 0) is 48.0 Å². The van der Waals surface area contributed by atoms with E-state index < -0.39 is 11.7 Å². The molecule has 2 aromatic carbocycles. The van der Waals surface area contributed by atoms with E-state index in [0.29, 0.717) is 26.2 Å². The first-order chi connectivity index (χ1) is 14.3. The van der Waals surface area contributed by atoms with Crippen molar-refractivity contribution in [3.63, 3.8) is 0 Å². The van der Waals surface area contributed by atoms with Crippen LogP contribution < -0.4 is 4.74 Å². The van der Waals surface area contributed by atoms with Crippen LogP contribution in [-0.2, 0) is 11.0 Å². The Morgan fingerprint density at radius 1 is 0.900 bits per heavy atom. The van der Waals surface area contributed by atoms with Crippen molar-refractivity contribution in [2.75, 3.05) is 33.3 Å². The molecule has 0 N–H and O–H groups in total. The molecule has 8 heteroatoms. The zero-order valence-electron chi connectivity index (χ0n) is 16.4. The van der Waals surface area contributed by atoms with Gasteiger partial charge < -0.3 is 14.5 Å². The van der Waals surface area contributed by atoms with E-state index in [0.717, 1.165) is 23.4 Å². The molecule has 0 unspecified atom stereocenters. The van der Waals surface area contributed by atoms with Gasteiger partial charge in [-0.25, -0.2) is 0 Å². The van der Waals surface area contributed by atoms with E-state index in [9.17, 15) is 22.8 Å². The molecule has 30 heavy (non-hydrogen) atoms. The molecule has 0 spiro atoms. The molecule has 1 heterocycles. The largest absolute Gasteiger partial charge is 0.497 e. The Morgan fingerprint density at radius 3 is 2.00 bits per heavy atom. The fourth-order valence-corrected chi connectivity index (χ4v) is 3.10. The first-order valence-corrected chi connectivity index (χ1v) is 9.35. The lowest BCUT2D eigenvalue weighted by molar-refractivity contribution is -0.137. The van der Waals surface area contributed by atoms with Crippen molar-refractivity contribution in [3.05, 3.63) is 71.3 Å². The summed E-state index contributed by atoms with van der Waals surface area (Å²) < 4.78 is 43.1. The minimum atomic E-state index is -4.44. The van der Waals surface area contributed by atoms with Crippen LogP contribution in [0.25, 0.3) is 6.08 Å². The second kappa shape index (κ2) is 9.02. The van der Waals surface area contributed by atoms with Crippen molar-refractivity contribution < 1.29 is 27.5 Å². The number of piperazine rings is 1. The number of hydrogen-bond acceptors (Lipinski definition) is 3. The summed E-state index contributed by atoms with van der Waals surface area (Å²) in [6.45, 7) is 1.36. The number of amides is 2. The molecule has 0 bridgehead atoms. The Hall–Kier alpha value is -3.29. The molecule has 0 saturated carbocycles. The summed E-state index contributed by atoms with van der Waals surface area (Å²) >= 11 is 0. The Morgan fingerprint density at radius 2 is 1.47 bits per heavy atom. The molecular formula is C22H21F3N2O3. The minimum absolute atomic E-state index is 0.160. The molecule has 3 rings (SSSR count). The van der Waals surface area contributed by atoms with Gasteiger partial charge in [0, 0.05) is 37.8 Å². The Bertz CT molecular complexity index is 914. The summed E-state index contributed by atoms with van der Waals surface area (Å²) in [5.74, 6) is 0.226. The molecule has 2 amide bonds. The summed E-state index contributed by atoms with van der Waals surface area (Å²) in [4.78, 5) is 28.1. The van der Waals surface area contributed by atoms with Gasteiger partial charge in [0.15, 0.2) is 0 Å². The normalized spacial score (nSPS) is 14.8. The number of carbonyl (C=O) groups excluding carboxylic acids is 2. The van der Waals surface area contributed by atoms with Crippen molar-refractivity contribution in [1.82, 2.24) is 9.80 Å². The maximum Gasteiger partial charge on any atom is 0.416 e. The van der Waals surface area contributed by atoms with E-state index in [1.165, 1.54) is 18.2 Å². The topological polar surface area (TPSA) is 49.9 Å². The second-order valence-electron chi connectivity index (χ2n) is 6.80. The van der Waals surface area contributed by atoms with Crippen LogP contribution in [0.5, 0.6) is 5.75 Å². The minimum Gasteiger partial charge on any atom is -0.497 e. The van der Waals surface area contributed by atoms with Crippen LogP contribution in [0, 0.1) is 0 Å². The molecule has 0 atom stereocenters. The predicted molar refractivity (Wildman–Crippen MR) is 106 cm³/mol. The number of alkyl halides is 3. The zero-order valence-corrected chi connectivity index (χ0v) is 16.4. The number of hydrogen-bond donors (Lipinski definition) is 0. The van der Waals surface area contributed by atoms with E-state index >= 15 is 0 Å². The summed E-state index contributed by atoms with van der Waals surface area (Å²) in [7, 11) is 1.58. The Labute approximate surface area is 172 Å². The van der Waals surface area contributed by atoms with Gasteiger partial charge in [0.25, 0.3) is 5.91 Å². The van der Waals surface area contributed by atoms with E-state index in [1.54, 1.807) is 35.1 Å². The van der Waals surface area contributed by atoms with Crippen molar-refractivity contribution in [2.45, 2.75) is 6.18 Å². The average molecular weight is 418 g/mol. The molecular weight excluding hydrogens is 397 g/mol. The number of ether oxygens (including phenoxy) is 1. The molecule has 2 aromatic rings. The number of halogens is 3. The lowest BCUT2D eigenvalue weighted by Crippen LogP contribution is -2.50. The third-order valence-corrected chi connectivity index (χ3v) is 4.87. The van der Waals surface area contributed by atoms with Gasteiger partial charge in [-0.1, -0.05) is 12.1 Å². The van der Waals surface area contributed by atoms with Gasteiger partial charge >= 0.3 is 6.18 Å². The van der Waals surface area contributed by atoms with Crippen molar-refractivity contribution in [3.8, 4) is 5.75 Å². The van der Waals surface area contributed by atoms with Crippen molar-refractivity contribution in [1.29, 1.82) is 0 Å². The number of nitrogens with zero attached hydrogens (tertiary/aromatic N) is 2. The van der Waals surface area contributed by atoms with Crippen LogP contribution in [0.3, 0.4) is 0 Å². The second-order valence-corrected chi connectivity index (χ2v) is 6.80. The highest BCUT2D eigenvalue weighted by atomic mass is 19.4. The van der Waals surface area contributed by atoms with Gasteiger partial charge in [-0.2, -0.15) is 13.2 Å². The Kier molecular flexibility index (Phi) is 6.44. The lowest BCUT2D eigenvalue weighted by atomic mass is 10.1. The van der Waals surface area contributed by atoms with Crippen molar-refractivity contribution in [2.24, 2.45) is 0 Å². The SMILES string of the molecule is COc1ccc(/C=C/C(=O)N2CCN(C(=O)c3ccc(C(F)(F)F)cc3)CC2)cc1. The molecule has 1 fully saturated rings. The van der Waals surface area contributed by atoms with Crippen molar-refractivity contribution >= 4 is 17.9 Å². The average Bonchev–Trinajstić information content (AvgIpc) is 2.77. The summed E-state index contributed by atoms with van der Waals surface area (Å²) in [5.41, 5.74) is 0.264. The molecule has 1 saturated heterocycles. The molecule has 0 aliphatic carbocycles. The molecule has 0 radical (unpaired) electrons. The van der Waals surface area contributed by atoms with Gasteiger partial charge in [0.1, 0.15) is 5.75 Å². The first-order valence-electron chi connectivity index (χ1n) is 9.35. The van der Waals surface area contributed by atoms with E-state index in [1.807, 2.05) is 12.1 Å². The Balaban J connectivity index is 1.54. The van der Waals surface area contributed by atoms with Crippen LogP contribution >= 0.6 is 0 Å². The van der Waals surface area contributed by atoms with Crippen LogP contribution in [0.15, 0.2) is 54.6 Å². The van der Waals surface area contributed by atoms with E-state index in [4.69, 9.17) is 4.74 Å². The highest BCUT2D eigenvalue weighted by Crippen LogP contribution is 2.29. The fourth-order valence-electron chi connectivity index (χ4n) is 3.10. The van der Waals surface area contributed by atoms with Crippen LogP contribution in [0.2, 0.25) is 0 Å². The van der Waals surface area contributed by atoms with E-state index in [2.05, 4.69) is 0 Å².